The van der Waals surface area contributed by atoms with Crippen LogP contribution in [0.25, 0.3) is 0 Å². The topological polar surface area (TPSA) is 57.6 Å². The summed E-state index contributed by atoms with van der Waals surface area (Å²) in [7, 11) is 0. The lowest BCUT2D eigenvalue weighted by Gasteiger charge is -2.22. The average Bonchev–Trinajstić information content (AvgIpc) is 2.80. The molecule has 1 fully saturated rings. The normalized spacial score (nSPS) is 20.6. The van der Waals surface area contributed by atoms with Crippen LogP contribution in [-0.4, -0.2) is 23.5 Å². The van der Waals surface area contributed by atoms with E-state index >= 15 is 0 Å². The van der Waals surface area contributed by atoms with Gasteiger partial charge in [0.1, 0.15) is 0 Å². The minimum Gasteiger partial charge on any atom is -0.481 e. The maximum atomic E-state index is 12.0. The highest BCUT2D eigenvalue weighted by Crippen LogP contribution is 2.33. The smallest absolute Gasteiger partial charge is 0.308 e. The van der Waals surface area contributed by atoms with Gasteiger partial charge >= 0.3 is 5.97 Å². The van der Waals surface area contributed by atoms with Gasteiger partial charge in [0.05, 0.1) is 5.92 Å². The second-order valence-electron chi connectivity index (χ2n) is 5.11. The van der Waals surface area contributed by atoms with Crippen LogP contribution in [-0.2, 0) is 9.59 Å². The SMILES string of the molecule is CC[C@@H](C)c1ccccc1N1C[C@@H](C(=O)O)CC1=O. The van der Waals surface area contributed by atoms with Crippen LogP contribution in [0.1, 0.15) is 38.2 Å². The Balaban J connectivity index is 2.32. The highest BCUT2D eigenvalue weighted by atomic mass is 16.4. The number of carboxylic acid groups (broad SMARTS) is 1. The lowest BCUT2D eigenvalue weighted by atomic mass is 9.96. The molecule has 4 heteroatoms. The van der Waals surface area contributed by atoms with E-state index in [2.05, 4.69) is 13.8 Å². The Morgan fingerprint density at radius 1 is 1.47 bits per heavy atom. The third kappa shape index (κ3) is 2.62. The largest absolute Gasteiger partial charge is 0.481 e. The molecule has 2 rings (SSSR count). The van der Waals surface area contributed by atoms with Crippen LogP contribution in [0.15, 0.2) is 24.3 Å². The second-order valence-corrected chi connectivity index (χ2v) is 5.11. The first-order valence-corrected chi connectivity index (χ1v) is 6.66. The Hall–Kier alpha value is -1.84. The predicted molar refractivity (Wildman–Crippen MR) is 73.2 cm³/mol. The second kappa shape index (κ2) is 5.43. The summed E-state index contributed by atoms with van der Waals surface area (Å²) < 4.78 is 0. The molecule has 2 atom stereocenters. The fraction of sp³-hybridized carbons (Fsp3) is 0.467. The summed E-state index contributed by atoms with van der Waals surface area (Å²) in [4.78, 5) is 24.7. The van der Waals surface area contributed by atoms with Crippen LogP contribution in [0, 0.1) is 5.92 Å². The summed E-state index contributed by atoms with van der Waals surface area (Å²) in [6.45, 7) is 4.50. The van der Waals surface area contributed by atoms with E-state index in [0.717, 1.165) is 17.7 Å². The van der Waals surface area contributed by atoms with Crippen molar-refractivity contribution >= 4 is 17.6 Å². The van der Waals surface area contributed by atoms with Crippen LogP contribution in [0.2, 0.25) is 0 Å². The summed E-state index contributed by atoms with van der Waals surface area (Å²) in [6.07, 6.45) is 1.09. The van der Waals surface area contributed by atoms with E-state index in [4.69, 9.17) is 5.11 Å². The number of aliphatic carboxylic acids is 1. The number of carbonyl (C=O) groups excluding carboxylic acids is 1. The van der Waals surface area contributed by atoms with Crippen molar-refractivity contribution in [2.75, 3.05) is 11.4 Å². The van der Waals surface area contributed by atoms with Gasteiger partial charge in [0.25, 0.3) is 0 Å². The van der Waals surface area contributed by atoms with Crippen molar-refractivity contribution in [2.45, 2.75) is 32.6 Å². The number of carboxylic acids is 1. The van der Waals surface area contributed by atoms with E-state index in [1.807, 2.05) is 24.3 Å². The molecule has 0 radical (unpaired) electrons. The third-order valence-electron chi connectivity index (χ3n) is 3.85. The van der Waals surface area contributed by atoms with E-state index < -0.39 is 11.9 Å². The molecule has 19 heavy (non-hydrogen) atoms. The van der Waals surface area contributed by atoms with Gasteiger partial charge in [-0.1, -0.05) is 32.0 Å². The number of hydrogen-bond donors (Lipinski definition) is 1. The summed E-state index contributed by atoms with van der Waals surface area (Å²) >= 11 is 0. The van der Waals surface area contributed by atoms with Crippen LogP contribution in [0.5, 0.6) is 0 Å². The minimum atomic E-state index is -0.892. The van der Waals surface area contributed by atoms with Crippen LogP contribution in [0.3, 0.4) is 0 Å². The van der Waals surface area contributed by atoms with Crippen LogP contribution in [0.4, 0.5) is 5.69 Å². The molecule has 1 heterocycles. The minimum absolute atomic E-state index is 0.0943. The van der Waals surface area contributed by atoms with Gasteiger partial charge < -0.3 is 10.0 Å². The summed E-state index contributed by atoms with van der Waals surface area (Å²) in [5, 5.41) is 9.04. The van der Waals surface area contributed by atoms with Crippen LogP contribution < -0.4 is 4.90 Å². The van der Waals surface area contributed by atoms with Crippen molar-refractivity contribution in [3.63, 3.8) is 0 Å². The van der Waals surface area contributed by atoms with E-state index in [-0.39, 0.29) is 18.9 Å². The van der Waals surface area contributed by atoms with Crippen molar-refractivity contribution in [3.8, 4) is 0 Å². The zero-order valence-electron chi connectivity index (χ0n) is 11.3. The monoisotopic (exact) mass is 261 g/mol. The van der Waals surface area contributed by atoms with Gasteiger partial charge in [-0.15, -0.1) is 0 Å². The van der Waals surface area contributed by atoms with E-state index in [1.54, 1.807) is 4.90 Å². The lowest BCUT2D eigenvalue weighted by Crippen LogP contribution is -2.27. The first-order chi connectivity index (χ1) is 9.04. The molecular formula is C15H19NO3. The van der Waals surface area contributed by atoms with Gasteiger partial charge in [-0.25, -0.2) is 0 Å². The number of benzene rings is 1. The molecule has 1 aromatic rings. The number of hydrogen-bond acceptors (Lipinski definition) is 2. The quantitative estimate of drug-likeness (QED) is 0.906. The molecule has 0 unspecified atom stereocenters. The fourth-order valence-electron chi connectivity index (χ4n) is 2.48. The number of nitrogens with zero attached hydrogens (tertiary/aromatic N) is 1. The standard InChI is InChI=1S/C15H19NO3/c1-3-10(2)12-6-4-5-7-13(12)16-9-11(15(18)19)8-14(16)17/h4-7,10-11H,3,8-9H2,1-2H3,(H,18,19)/t10-,11+/m1/s1. The van der Waals surface area contributed by atoms with E-state index in [9.17, 15) is 9.59 Å². The Labute approximate surface area is 113 Å². The first kappa shape index (κ1) is 13.6. The Morgan fingerprint density at radius 3 is 2.74 bits per heavy atom. The van der Waals surface area contributed by atoms with Crippen molar-refractivity contribution in [2.24, 2.45) is 5.92 Å². The Bertz CT molecular complexity index is 498. The molecule has 1 N–H and O–H groups in total. The number of rotatable bonds is 4. The maximum absolute atomic E-state index is 12.0. The van der Waals surface area contributed by atoms with Crippen molar-refractivity contribution in [1.29, 1.82) is 0 Å². The van der Waals surface area contributed by atoms with Crippen LogP contribution >= 0.6 is 0 Å². The van der Waals surface area contributed by atoms with Crippen molar-refractivity contribution < 1.29 is 14.7 Å². The van der Waals surface area contributed by atoms with E-state index in [1.165, 1.54) is 0 Å². The van der Waals surface area contributed by atoms with E-state index in [0.29, 0.717) is 5.92 Å². The highest BCUT2D eigenvalue weighted by molar-refractivity contribution is 5.99. The number of anilines is 1. The molecule has 0 aliphatic carbocycles. The molecular weight excluding hydrogens is 242 g/mol. The highest BCUT2D eigenvalue weighted by Gasteiger charge is 2.36. The van der Waals surface area contributed by atoms with Crippen molar-refractivity contribution in [1.82, 2.24) is 0 Å². The fourth-order valence-corrected chi connectivity index (χ4v) is 2.48. The lowest BCUT2D eigenvalue weighted by molar-refractivity contribution is -0.141. The summed E-state index contributed by atoms with van der Waals surface area (Å²) in [5.41, 5.74) is 1.98. The summed E-state index contributed by atoms with van der Waals surface area (Å²) in [5.74, 6) is -1.22. The van der Waals surface area contributed by atoms with Gasteiger partial charge in [0, 0.05) is 18.7 Å². The number of para-hydroxylation sites is 1. The first-order valence-electron chi connectivity index (χ1n) is 6.66. The number of carbonyl (C=O) groups is 2. The zero-order chi connectivity index (χ0) is 14.0. The molecule has 0 bridgehead atoms. The molecule has 0 aromatic heterocycles. The molecule has 1 amide bonds. The number of amides is 1. The molecule has 1 saturated heterocycles. The average molecular weight is 261 g/mol. The molecule has 1 aliphatic heterocycles. The Morgan fingerprint density at radius 2 is 2.16 bits per heavy atom. The van der Waals surface area contributed by atoms with Gasteiger partial charge in [-0.3, -0.25) is 9.59 Å². The van der Waals surface area contributed by atoms with Gasteiger partial charge in [0.2, 0.25) is 5.91 Å². The van der Waals surface area contributed by atoms with Gasteiger partial charge in [-0.05, 0) is 24.0 Å². The molecule has 1 aromatic carbocycles. The van der Waals surface area contributed by atoms with Crippen molar-refractivity contribution in [3.05, 3.63) is 29.8 Å². The Kier molecular flexibility index (Phi) is 3.88. The molecule has 102 valence electrons. The zero-order valence-corrected chi connectivity index (χ0v) is 11.3. The third-order valence-corrected chi connectivity index (χ3v) is 3.85. The molecule has 1 aliphatic rings. The predicted octanol–water partition coefficient (Wildman–Crippen LogP) is 2.64. The maximum Gasteiger partial charge on any atom is 0.308 e. The van der Waals surface area contributed by atoms with Gasteiger partial charge in [0.15, 0.2) is 0 Å². The molecule has 0 saturated carbocycles. The molecule has 0 spiro atoms. The summed E-state index contributed by atoms with van der Waals surface area (Å²) in [6, 6.07) is 7.78. The van der Waals surface area contributed by atoms with Gasteiger partial charge in [-0.2, -0.15) is 0 Å². The molecule has 4 nitrogen and oxygen atoms in total.